The molecule has 0 aliphatic carbocycles. The average molecular weight is 292 g/mol. The van der Waals surface area contributed by atoms with Crippen molar-refractivity contribution < 1.29 is 14.3 Å². The zero-order valence-corrected chi connectivity index (χ0v) is 11.3. The van der Waals surface area contributed by atoms with Crippen molar-refractivity contribution in [3.63, 3.8) is 0 Å². The third kappa shape index (κ3) is 3.02. The number of hydrogen-bond acceptors (Lipinski definition) is 6. The molecular weight excluding hydrogens is 280 g/mol. The lowest BCUT2D eigenvalue weighted by atomic mass is 10.2. The van der Waals surface area contributed by atoms with Gasteiger partial charge >= 0.3 is 0 Å². The summed E-state index contributed by atoms with van der Waals surface area (Å²) in [6.45, 7) is 1.07. The number of carbonyl (C=O) groups excluding carboxylic acids is 1. The molecule has 0 saturated heterocycles. The molecule has 0 radical (unpaired) electrons. The summed E-state index contributed by atoms with van der Waals surface area (Å²) < 4.78 is 10.9. The highest BCUT2D eigenvalue weighted by molar-refractivity contribution is 7.99. The number of rotatable bonds is 4. The van der Waals surface area contributed by atoms with Crippen LogP contribution in [0, 0.1) is 0 Å². The Hall–Kier alpha value is -2.22. The smallest absolute Gasteiger partial charge is 0.234 e. The van der Waals surface area contributed by atoms with Crippen LogP contribution in [0.2, 0.25) is 0 Å². The molecule has 1 aliphatic rings. The van der Waals surface area contributed by atoms with Crippen molar-refractivity contribution in [2.24, 2.45) is 0 Å². The summed E-state index contributed by atoms with van der Waals surface area (Å²) in [7, 11) is 0. The van der Waals surface area contributed by atoms with Crippen molar-refractivity contribution in [1.82, 2.24) is 15.4 Å². The maximum atomic E-state index is 11.8. The van der Waals surface area contributed by atoms with Crippen molar-refractivity contribution in [3.8, 4) is 11.5 Å². The lowest BCUT2D eigenvalue weighted by molar-refractivity contribution is -0.113. The molecular formula is C12H12N4O3S. The monoisotopic (exact) mass is 292 g/mol. The highest BCUT2D eigenvalue weighted by atomic mass is 32.2. The van der Waals surface area contributed by atoms with Crippen LogP contribution in [0.3, 0.4) is 0 Å². The second kappa shape index (κ2) is 5.83. The quantitative estimate of drug-likeness (QED) is 0.826. The summed E-state index contributed by atoms with van der Waals surface area (Å²) in [6.07, 6.45) is 1.57. The minimum absolute atomic E-state index is 0.116. The van der Waals surface area contributed by atoms with Gasteiger partial charge in [-0.2, -0.15) is 10.3 Å². The highest BCUT2D eigenvalue weighted by Crippen LogP contribution is 2.32. The zero-order chi connectivity index (χ0) is 13.8. The van der Waals surface area contributed by atoms with Crippen LogP contribution in [0.5, 0.6) is 11.5 Å². The molecule has 1 aromatic heterocycles. The van der Waals surface area contributed by atoms with E-state index in [4.69, 9.17) is 9.47 Å². The number of anilines is 1. The van der Waals surface area contributed by atoms with Gasteiger partial charge in [0.1, 0.15) is 18.2 Å². The SMILES string of the molecule is O=C(CSc1cn[nH]n1)Nc1ccc2c(c1)OCCO2. The van der Waals surface area contributed by atoms with Gasteiger partial charge in [-0.15, -0.1) is 5.10 Å². The first kappa shape index (κ1) is 12.8. The standard InChI is InChI=1S/C12H12N4O3S/c17-11(7-20-12-6-13-16-15-12)14-8-1-2-9-10(5-8)19-4-3-18-9/h1-2,5-6H,3-4,7H2,(H,14,17)(H,13,15,16). The third-order valence-electron chi connectivity index (χ3n) is 2.57. The summed E-state index contributed by atoms with van der Waals surface area (Å²) >= 11 is 1.31. The number of aromatic amines is 1. The highest BCUT2D eigenvalue weighted by Gasteiger charge is 2.13. The second-order valence-corrected chi connectivity index (χ2v) is 5.00. The van der Waals surface area contributed by atoms with Crippen molar-refractivity contribution >= 4 is 23.4 Å². The molecule has 0 bridgehead atoms. The Labute approximate surface area is 119 Å². The first-order valence-corrected chi connectivity index (χ1v) is 6.98. The normalized spacial score (nSPS) is 13.0. The van der Waals surface area contributed by atoms with Crippen LogP contribution in [0.1, 0.15) is 0 Å². The second-order valence-electron chi connectivity index (χ2n) is 4.00. The van der Waals surface area contributed by atoms with E-state index in [1.165, 1.54) is 11.8 Å². The van der Waals surface area contributed by atoms with Crippen molar-refractivity contribution in [1.29, 1.82) is 0 Å². The van der Waals surface area contributed by atoms with Crippen molar-refractivity contribution in [3.05, 3.63) is 24.4 Å². The summed E-state index contributed by atoms with van der Waals surface area (Å²) in [5.74, 6) is 1.50. The fourth-order valence-corrected chi connectivity index (χ4v) is 2.30. The Balaban J connectivity index is 1.58. The van der Waals surface area contributed by atoms with E-state index in [9.17, 15) is 4.79 Å². The summed E-state index contributed by atoms with van der Waals surface area (Å²) in [4.78, 5) is 11.8. The fraction of sp³-hybridized carbons (Fsp3) is 0.250. The van der Waals surface area contributed by atoms with Gasteiger partial charge in [0.2, 0.25) is 5.91 Å². The maximum absolute atomic E-state index is 11.8. The molecule has 2 heterocycles. The molecule has 2 aromatic rings. The molecule has 2 N–H and O–H groups in total. The minimum atomic E-state index is -0.116. The molecule has 1 aromatic carbocycles. The third-order valence-corrected chi connectivity index (χ3v) is 3.47. The molecule has 1 aliphatic heterocycles. The van der Waals surface area contributed by atoms with Gasteiger partial charge in [-0.25, -0.2) is 0 Å². The number of fused-ring (bicyclic) bond motifs is 1. The Morgan fingerprint density at radius 2 is 2.20 bits per heavy atom. The number of H-pyrrole nitrogens is 1. The molecule has 104 valence electrons. The summed E-state index contributed by atoms with van der Waals surface area (Å²) in [5.41, 5.74) is 0.681. The molecule has 7 nitrogen and oxygen atoms in total. The number of thioether (sulfide) groups is 1. The first-order valence-electron chi connectivity index (χ1n) is 5.99. The predicted molar refractivity (Wildman–Crippen MR) is 73.2 cm³/mol. The topological polar surface area (TPSA) is 89.1 Å². The largest absolute Gasteiger partial charge is 0.486 e. The minimum Gasteiger partial charge on any atom is -0.486 e. The molecule has 1 amide bonds. The first-order chi connectivity index (χ1) is 9.81. The van der Waals surface area contributed by atoms with E-state index in [-0.39, 0.29) is 11.7 Å². The number of hydrogen-bond donors (Lipinski definition) is 2. The lowest BCUT2D eigenvalue weighted by Gasteiger charge is -2.18. The van der Waals surface area contributed by atoms with Gasteiger partial charge in [0, 0.05) is 11.8 Å². The van der Waals surface area contributed by atoms with E-state index >= 15 is 0 Å². The summed E-state index contributed by atoms with van der Waals surface area (Å²) in [5, 5.41) is 13.5. The van der Waals surface area contributed by atoms with Crippen LogP contribution in [0.15, 0.2) is 29.4 Å². The van der Waals surface area contributed by atoms with E-state index in [1.54, 1.807) is 24.4 Å². The molecule has 8 heteroatoms. The van der Waals surface area contributed by atoms with Crippen LogP contribution in [0.25, 0.3) is 0 Å². The number of ether oxygens (including phenoxy) is 2. The van der Waals surface area contributed by atoms with Crippen molar-refractivity contribution in [2.75, 3.05) is 24.3 Å². The van der Waals surface area contributed by atoms with Crippen LogP contribution >= 0.6 is 11.8 Å². The van der Waals surface area contributed by atoms with Crippen LogP contribution in [-0.4, -0.2) is 40.3 Å². The number of nitrogens with zero attached hydrogens (tertiary/aromatic N) is 2. The van der Waals surface area contributed by atoms with Gasteiger partial charge < -0.3 is 14.8 Å². The Bertz CT molecular complexity index is 603. The summed E-state index contributed by atoms with van der Waals surface area (Å²) in [6, 6.07) is 5.33. The molecule has 0 spiro atoms. The van der Waals surface area contributed by atoms with Gasteiger partial charge in [-0.1, -0.05) is 11.8 Å². The van der Waals surface area contributed by atoms with E-state index in [0.717, 1.165) is 0 Å². The number of benzene rings is 1. The molecule has 0 unspecified atom stereocenters. The lowest BCUT2D eigenvalue weighted by Crippen LogP contribution is -2.17. The number of carbonyl (C=O) groups is 1. The van der Waals surface area contributed by atoms with E-state index in [0.29, 0.717) is 35.4 Å². The molecule has 3 rings (SSSR count). The maximum Gasteiger partial charge on any atom is 0.234 e. The van der Waals surface area contributed by atoms with E-state index in [1.807, 2.05) is 0 Å². The van der Waals surface area contributed by atoms with Crippen molar-refractivity contribution in [2.45, 2.75) is 5.03 Å². The van der Waals surface area contributed by atoms with Gasteiger partial charge in [-0.05, 0) is 12.1 Å². The van der Waals surface area contributed by atoms with Crippen LogP contribution in [0.4, 0.5) is 5.69 Å². The fourth-order valence-electron chi connectivity index (χ4n) is 1.72. The molecule has 0 atom stereocenters. The van der Waals surface area contributed by atoms with Gasteiger partial charge in [-0.3, -0.25) is 4.79 Å². The number of nitrogens with one attached hydrogen (secondary N) is 2. The number of aromatic nitrogens is 3. The van der Waals surface area contributed by atoms with Crippen LogP contribution in [-0.2, 0) is 4.79 Å². The Kier molecular flexibility index (Phi) is 3.73. The van der Waals surface area contributed by atoms with Crippen LogP contribution < -0.4 is 14.8 Å². The Morgan fingerprint density at radius 3 is 3.00 bits per heavy atom. The van der Waals surface area contributed by atoms with Gasteiger partial charge in [0.05, 0.1) is 11.9 Å². The molecule has 0 saturated carbocycles. The molecule has 20 heavy (non-hydrogen) atoms. The van der Waals surface area contributed by atoms with E-state index < -0.39 is 0 Å². The van der Waals surface area contributed by atoms with Gasteiger partial charge in [0.25, 0.3) is 0 Å². The zero-order valence-electron chi connectivity index (χ0n) is 10.5. The van der Waals surface area contributed by atoms with E-state index in [2.05, 4.69) is 20.7 Å². The Morgan fingerprint density at radius 1 is 1.35 bits per heavy atom. The van der Waals surface area contributed by atoms with Gasteiger partial charge in [0.15, 0.2) is 11.5 Å². The average Bonchev–Trinajstić information content (AvgIpc) is 2.98. The predicted octanol–water partition coefficient (Wildman–Crippen LogP) is 1.31. The number of amides is 1. The molecule has 0 fully saturated rings.